The maximum atomic E-state index is 14.9. The molecule has 1 aromatic carbocycles. The number of ether oxygens (including phenoxy) is 1. The van der Waals surface area contributed by atoms with Gasteiger partial charge in [0.25, 0.3) is 0 Å². The second kappa shape index (κ2) is 10.7. The lowest BCUT2D eigenvalue weighted by Gasteiger charge is -2.38. The van der Waals surface area contributed by atoms with Crippen LogP contribution in [0.3, 0.4) is 0 Å². The summed E-state index contributed by atoms with van der Waals surface area (Å²) in [6, 6.07) is 7.26. The molecule has 11 heteroatoms. The molecule has 0 aliphatic heterocycles. The smallest absolute Gasteiger partial charge is 0.152 e. The number of pyridine rings is 1. The molecule has 1 saturated carbocycles. The van der Waals surface area contributed by atoms with Gasteiger partial charge in [-0.3, -0.25) is 4.98 Å². The molecule has 206 valence electrons. The van der Waals surface area contributed by atoms with Gasteiger partial charge in [0.2, 0.25) is 0 Å². The van der Waals surface area contributed by atoms with Gasteiger partial charge in [-0.05, 0) is 71.7 Å². The fourth-order valence-corrected chi connectivity index (χ4v) is 7.72. The summed E-state index contributed by atoms with van der Waals surface area (Å²) in [6.45, 7) is 2.03. The third kappa shape index (κ3) is 5.43. The van der Waals surface area contributed by atoms with Crippen LogP contribution in [-0.2, 0) is 27.6 Å². The first-order chi connectivity index (χ1) is 18.6. The molecule has 0 saturated heterocycles. The van der Waals surface area contributed by atoms with E-state index in [-0.39, 0.29) is 29.7 Å². The van der Waals surface area contributed by atoms with Crippen molar-refractivity contribution >= 4 is 15.4 Å². The summed E-state index contributed by atoms with van der Waals surface area (Å²) in [5, 5.41) is 3.97. The molecule has 0 amide bonds. The van der Waals surface area contributed by atoms with E-state index < -0.39 is 32.8 Å². The topological polar surface area (TPSA) is 112 Å². The summed E-state index contributed by atoms with van der Waals surface area (Å²) in [7, 11) is -1.80. The van der Waals surface area contributed by atoms with E-state index in [1.165, 1.54) is 25.5 Å². The van der Waals surface area contributed by atoms with E-state index in [0.717, 1.165) is 11.1 Å². The van der Waals surface area contributed by atoms with Crippen molar-refractivity contribution in [3.63, 3.8) is 0 Å². The summed E-state index contributed by atoms with van der Waals surface area (Å²) in [5.74, 6) is -0.888. The Balaban J connectivity index is 1.47. The molecule has 5 rings (SSSR count). The Morgan fingerprint density at radius 3 is 2.54 bits per heavy atom. The zero-order valence-corrected chi connectivity index (χ0v) is 22.8. The molecule has 39 heavy (non-hydrogen) atoms. The van der Waals surface area contributed by atoms with E-state index in [0.29, 0.717) is 36.2 Å². The number of fused-ring (bicyclic) bond motifs is 1. The third-order valence-electron chi connectivity index (χ3n) is 7.54. The lowest BCUT2D eigenvalue weighted by Crippen LogP contribution is -2.48. The van der Waals surface area contributed by atoms with Crippen molar-refractivity contribution in [3.05, 3.63) is 83.1 Å². The highest BCUT2D eigenvalue weighted by Gasteiger charge is 2.40. The van der Waals surface area contributed by atoms with Gasteiger partial charge in [0.05, 0.1) is 34.8 Å². The molecule has 1 aliphatic carbocycles. The Hall–Kier alpha value is -3.28. The number of hydrogen-bond acceptors (Lipinski definition) is 7. The Morgan fingerprint density at radius 2 is 1.87 bits per heavy atom. The summed E-state index contributed by atoms with van der Waals surface area (Å²) >= 11 is 0. The molecule has 8 nitrogen and oxygen atoms in total. The van der Waals surface area contributed by atoms with E-state index in [9.17, 15) is 17.2 Å². The SMILES string of the molecule is COCc1cc(F)c(-c2ccc3cnc(Cc4cnccc4[C@H]4C[C@@H](N)[C@@H](S(C)(=O)=O)[C@@H](C)C4)n3n2)c(F)c1. The van der Waals surface area contributed by atoms with Crippen LogP contribution in [0.25, 0.3) is 16.8 Å². The molecule has 0 unspecified atom stereocenters. The normalized spacial score (nSPS) is 21.9. The highest BCUT2D eigenvalue weighted by Crippen LogP contribution is 2.39. The zero-order valence-electron chi connectivity index (χ0n) is 22.0. The first-order valence-corrected chi connectivity index (χ1v) is 14.7. The maximum absolute atomic E-state index is 14.9. The summed E-state index contributed by atoms with van der Waals surface area (Å²) < 4.78 is 61.0. The first kappa shape index (κ1) is 27.3. The quantitative estimate of drug-likeness (QED) is 0.366. The molecule has 0 bridgehead atoms. The molecular formula is C28H31F2N5O3S. The first-order valence-electron chi connectivity index (χ1n) is 12.7. The van der Waals surface area contributed by atoms with Crippen molar-refractivity contribution in [2.24, 2.45) is 11.7 Å². The molecule has 0 spiro atoms. The van der Waals surface area contributed by atoms with E-state index in [1.807, 2.05) is 13.0 Å². The molecular weight excluding hydrogens is 524 g/mol. The second-order valence-electron chi connectivity index (χ2n) is 10.5. The molecule has 3 heterocycles. The van der Waals surface area contributed by atoms with Crippen LogP contribution in [0.4, 0.5) is 8.78 Å². The lowest BCUT2D eigenvalue weighted by atomic mass is 9.75. The minimum atomic E-state index is -3.26. The molecule has 3 aromatic heterocycles. The summed E-state index contributed by atoms with van der Waals surface area (Å²) in [6.07, 6.45) is 8.01. The van der Waals surface area contributed by atoms with Crippen LogP contribution >= 0.6 is 0 Å². The maximum Gasteiger partial charge on any atom is 0.152 e. The number of halogens is 2. The highest BCUT2D eigenvalue weighted by atomic mass is 32.2. The summed E-state index contributed by atoms with van der Waals surface area (Å²) in [5.41, 5.74) is 9.33. The molecule has 1 aliphatic rings. The average Bonchev–Trinajstić information content (AvgIpc) is 3.25. The van der Waals surface area contributed by atoms with Gasteiger partial charge >= 0.3 is 0 Å². The van der Waals surface area contributed by atoms with Crippen molar-refractivity contribution in [1.82, 2.24) is 19.6 Å². The van der Waals surface area contributed by atoms with E-state index in [1.54, 1.807) is 35.2 Å². The van der Waals surface area contributed by atoms with Crippen molar-refractivity contribution < 1.29 is 21.9 Å². The molecule has 2 N–H and O–H groups in total. The number of nitrogens with zero attached hydrogens (tertiary/aromatic N) is 4. The Kier molecular flexibility index (Phi) is 7.49. The Bertz CT molecular complexity index is 1590. The standard InChI is InChI=1S/C28H31F2N5O3S/c1-16-8-18(11-24(31)28(16)39(3,36)37)21-6-7-32-13-19(21)12-26-33-14-20-4-5-25(34-35(20)26)27-22(29)9-17(15-38-2)10-23(27)30/h4-7,9-10,13-14,16,18,24,28H,8,11-12,15,31H2,1-3H3/t16-,18+,24+,28-/m0/s1. The van der Waals surface area contributed by atoms with Gasteiger partial charge in [-0.15, -0.1) is 0 Å². The Labute approximate surface area is 226 Å². The van der Waals surface area contributed by atoms with Crippen LogP contribution in [0.1, 0.15) is 48.2 Å². The fourth-order valence-electron chi connectivity index (χ4n) is 6.02. The number of rotatable bonds is 7. The molecule has 1 fully saturated rings. The predicted octanol–water partition coefficient (Wildman–Crippen LogP) is 4.06. The lowest BCUT2D eigenvalue weighted by molar-refractivity contribution is 0.184. The minimum Gasteiger partial charge on any atom is -0.380 e. The van der Waals surface area contributed by atoms with Crippen LogP contribution in [0.5, 0.6) is 0 Å². The fraction of sp³-hybridized carbons (Fsp3) is 0.393. The summed E-state index contributed by atoms with van der Waals surface area (Å²) in [4.78, 5) is 8.84. The van der Waals surface area contributed by atoms with Gasteiger partial charge in [0.1, 0.15) is 17.5 Å². The van der Waals surface area contributed by atoms with Gasteiger partial charge < -0.3 is 10.5 Å². The minimum absolute atomic E-state index is 0.0644. The highest BCUT2D eigenvalue weighted by molar-refractivity contribution is 7.91. The number of hydrogen-bond donors (Lipinski definition) is 1. The average molecular weight is 556 g/mol. The number of aromatic nitrogens is 4. The van der Waals surface area contributed by atoms with Crippen molar-refractivity contribution in [2.75, 3.05) is 13.4 Å². The Morgan fingerprint density at radius 1 is 1.13 bits per heavy atom. The van der Waals surface area contributed by atoms with Gasteiger partial charge in [-0.25, -0.2) is 26.7 Å². The van der Waals surface area contributed by atoms with Crippen molar-refractivity contribution in [3.8, 4) is 11.3 Å². The largest absolute Gasteiger partial charge is 0.380 e. The molecule has 0 radical (unpaired) electrons. The zero-order chi connectivity index (χ0) is 27.9. The van der Waals surface area contributed by atoms with Crippen LogP contribution < -0.4 is 5.73 Å². The van der Waals surface area contributed by atoms with Crippen LogP contribution in [0.2, 0.25) is 0 Å². The number of benzene rings is 1. The monoisotopic (exact) mass is 555 g/mol. The van der Waals surface area contributed by atoms with Crippen LogP contribution in [-0.4, -0.2) is 52.7 Å². The van der Waals surface area contributed by atoms with E-state index >= 15 is 0 Å². The number of sulfone groups is 1. The number of imidazole rings is 1. The number of methoxy groups -OCH3 is 1. The van der Waals surface area contributed by atoms with Crippen LogP contribution in [0.15, 0.2) is 48.9 Å². The van der Waals surface area contributed by atoms with E-state index in [4.69, 9.17) is 10.5 Å². The molecule has 4 aromatic rings. The van der Waals surface area contributed by atoms with Crippen LogP contribution in [0, 0.1) is 17.6 Å². The van der Waals surface area contributed by atoms with Gasteiger partial charge in [-0.1, -0.05) is 6.92 Å². The van der Waals surface area contributed by atoms with Crippen molar-refractivity contribution in [1.29, 1.82) is 0 Å². The van der Waals surface area contributed by atoms with E-state index in [2.05, 4.69) is 15.1 Å². The van der Waals surface area contributed by atoms with Crippen molar-refractivity contribution in [2.45, 2.75) is 50.0 Å². The third-order valence-corrected chi connectivity index (χ3v) is 9.35. The second-order valence-corrected chi connectivity index (χ2v) is 12.7. The number of nitrogens with two attached hydrogens (primary N) is 1. The van der Waals surface area contributed by atoms with Gasteiger partial charge in [0, 0.05) is 38.2 Å². The van der Waals surface area contributed by atoms with Gasteiger partial charge in [0.15, 0.2) is 9.84 Å². The predicted molar refractivity (Wildman–Crippen MR) is 144 cm³/mol. The van der Waals surface area contributed by atoms with Gasteiger partial charge in [-0.2, -0.15) is 5.10 Å². The molecule has 4 atom stereocenters.